The maximum atomic E-state index is 5.69. The number of aromatic nitrogens is 6. The summed E-state index contributed by atoms with van der Waals surface area (Å²) in [7, 11) is 1.73. The van der Waals surface area contributed by atoms with Crippen molar-refractivity contribution in [1.29, 1.82) is 0 Å². The molecule has 0 bridgehead atoms. The lowest BCUT2D eigenvalue weighted by Crippen LogP contribution is -2.45. The second-order valence-corrected chi connectivity index (χ2v) is 4.75. The summed E-state index contributed by atoms with van der Waals surface area (Å²) in [6.07, 6.45) is 6.15. The maximum Gasteiger partial charge on any atom is 0.258 e. The van der Waals surface area contributed by atoms with Crippen LogP contribution in [0.3, 0.4) is 0 Å². The normalized spacial score (nSPS) is 16.6. The van der Waals surface area contributed by atoms with Crippen LogP contribution in [0.4, 0.5) is 11.9 Å². The van der Waals surface area contributed by atoms with E-state index in [4.69, 9.17) is 10.5 Å². The number of anilines is 2. The molecule has 9 heteroatoms. The molecular formula is C11H16N8O. The third-order valence-electron chi connectivity index (χ3n) is 3.53. The molecule has 0 atom stereocenters. The van der Waals surface area contributed by atoms with E-state index in [1.54, 1.807) is 7.11 Å². The maximum absolute atomic E-state index is 5.69. The van der Waals surface area contributed by atoms with Crippen molar-refractivity contribution < 1.29 is 4.74 Å². The standard InChI is InChI=1S/C11H16N8O/c1-20-11(3-2-4-11)5-14-9-16-8(12)17-10(18-9)19-7-13-6-15-19/h6-7H,2-5H2,1H3,(H3,12,14,16,17,18). The smallest absolute Gasteiger partial charge is 0.258 e. The monoisotopic (exact) mass is 276 g/mol. The van der Waals surface area contributed by atoms with Crippen LogP contribution in [0.25, 0.3) is 5.95 Å². The van der Waals surface area contributed by atoms with Crippen molar-refractivity contribution in [2.75, 3.05) is 24.7 Å². The summed E-state index contributed by atoms with van der Waals surface area (Å²) < 4.78 is 6.96. The highest BCUT2D eigenvalue weighted by Gasteiger charge is 2.36. The fourth-order valence-corrected chi connectivity index (χ4v) is 2.14. The molecule has 0 radical (unpaired) electrons. The Bertz CT molecular complexity index is 575. The first kappa shape index (κ1) is 12.7. The number of ether oxygens (including phenoxy) is 1. The van der Waals surface area contributed by atoms with Crippen LogP contribution in [0, 0.1) is 0 Å². The first-order valence-corrected chi connectivity index (χ1v) is 6.36. The molecule has 0 saturated heterocycles. The molecule has 1 fully saturated rings. The molecule has 0 aliphatic heterocycles. The van der Waals surface area contributed by atoms with Crippen LogP contribution in [-0.4, -0.2) is 49.0 Å². The average molecular weight is 276 g/mol. The lowest BCUT2D eigenvalue weighted by atomic mass is 9.80. The van der Waals surface area contributed by atoms with E-state index >= 15 is 0 Å². The van der Waals surface area contributed by atoms with Crippen molar-refractivity contribution in [2.45, 2.75) is 24.9 Å². The van der Waals surface area contributed by atoms with E-state index in [1.165, 1.54) is 23.8 Å². The van der Waals surface area contributed by atoms with E-state index in [0.29, 0.717) is 18.4 Å². The molecule has 3 rings (SSSR count). The molecule has 0 unspecified atom stereocenters. The Kier molecular flexibility index (Phi) is 3.18. The van der Waals surface area contributed by atoms with Gasteiger partial charge in [-0.15, -0.1) is 0 Å². The Morgan fingerprint density at radius 3 is 2.85 bits per heavy atom. The molecule has 1 saturated carbocycles. The number of hydrogen-bond donors (Lipinski definition) is 2. The molecule has 1 aliphatic carbocycles. The highest BCUT2D eigenvalue weighted by molar-refractivity contribution is 5.35. The van der Waals surface area contributed by atoms with Gasteiger partial charge in [-0.2, -0.15) is 24.7 Å². The van der Waals surface area contributed by atoms with Gasteiger partial charge in [0.1, 0.15) is 12.7 Å². The molecule has 1 aliphatic rings. The van der Waals surface area contributed by atoms with E-state index in [2.05, 4.69) is 30.4 Å². The number of nitrogen functional groups attached to an aromatic ring is 1. The molecule has 3 N–H and O–H groups in total. The van der Waals surface area contributed by atoms with Crippen molar-refractivity contribution in [3.63, 3.8) is 0 Å². The van der Waals surface area contributed by atoms with Gasteiger partial charge in [-0.25, -0.2) is 4.98 Å². The topological polar surface area (TPSA) is 117 Å². The summed E-state index contributed by atoms with van der Waals surface area (Å²) in [4.78, 5) is 16.2. The second kappa shape index (κ2) is 5.00. The molecule has 0 aromatic carbocycles. The Labute approximate surface area is 115 Å². The zero-order valence-corrected chi connectivity index (χ0v) is 11.2. The van der Waals surface area contributed by atoms with Crippen molar-refractivity contribution >= 4 is 11.9 Å². The van der Waals surface area contributed by atoms with Crippen LogP contribution < -0.4 is 11.1 Å². The molecule has 0 amide bonds. The minimum absolute atomic E-state index is 0.116. The van der Waals surface area contributed by atoms with E-state index in [9.17, 15) is 0 Å². The lowest BCUT2D eigenvalue weighted by Gasteiger charge is -2.40. The van der Waals surface area contributed by atoms with Crippen LogP contribution in [0.2, 0.25) is 0 Å². The number of nitrogens with zero attached hydrogens (tertiary/aromatic N) is 6. The molecular weight excluding hydrogens is 260 g/mol. The Hall–Kier alpha value is -2.29. The molecule has 2 heterocycles. The van der Waals surface area contributed by atoms with Gasteiger partial charge in [0.2, 0.25) is 11.9 Å². The predicted octanol–water partition coefficient (Wildman–Crippen LogP) is 0.0155. The van der Waals surface area contributed by atoms with E-state index in [-0.39, 0.29) is 11.5 Å². The third-order valence-corrected chi connectivity index (χ3v) is 3.53. The van der Waals surface area contributed by atoms with Crippen LogP contribution >= 0.6 is 0 Å². The number of hydrogen-bond acceptors (Lipinski definition) is 8. The van der Waals surface area contributed by atoms with Crippen molar-refractivity contribution in [3.05, 3.63) is 12.7 Å². The Balaban J connectivity index is 1.76. The summed E-state index contributed by atoms with van der Waals surface area (Å²) in [5.74, 6) is 0.872. The van der Waals surface area contributed by atoms with Gasteiger partial charge >= 0.3 is 0 Å². The van der Waals surface area contributed by atoms with Gasteiger partial charge in [0, 0.05) is 13.7 Å². The van der Waals surface area contributed by atoms with E-state index in [1.807, 2.05) is 0 Å². The summed E-state index contributed by atoms with van der Waals surface area (Å²) in [6.45, 7) is 0.643. The molecule has 9 nitrogen and oxygen atoms in total. The fraction of sp³-hybridized carbons (Fsp3) is 0.545. The van der Waals surface area contributed by atoms with Gasteiger partial charge < -0.3 is 15.8 Å². The first-order valence-electron chi connectivity index (χ1n) is 6.36. The van der Waals surface area contributed by atoms with Crippen molar-refractivity contribution in [1.82, 2.24) is 29.7 Å². The van der Waals surface area contributed by atoms with Crippen LogP contribution in [0.15, 0.2) is 12.7 Å². The predicted molar refractivity (Wildman–Crippen MR) is 71.2 cm³/mol. The zero-order chi connectivity index (χ0) is 14.0. The quantitative estimate of drug-likeness (QED) is 0.784. The second-order valence-electron chi connectivity index (χ2n) is 4.75. The van der Waals surface area contributed by atoms with Gasteiger partial charge in [0.05, 0.1) is 5.60 Å². The largest absolute Gasteiger partial charge is 0.376 e. The summed E-state index contributed by atoms with van der Waals surface area (Å²) in [5.41, 5.74) is 5.57. The zero-order valence-electron chi connectivity index (χ0n) is 11.2. The SMILES string of the molecule is COC1(CNc2nc(N)nc(-n3cncn3)n2)CCC1. The Morgan fingerprint density at radius 1 is 1.40 bits per heavy atom. The van der Waals surface area contributed by atoms with Gasteiger partial charge in [0.15, 0.2) is 0 Å². The molecule has 106 valence electrons. The van der Waals surface area contributed by atoms with E-state index in [0.717, 1.165) is 12.8 Å². The summed E-state index contributed by atoms with van der Waals surface area (Å²) >= 11 is 0. The van der Waals surface area contributed by atoms with E-state index < -0.39 is 0 Å². The fourth-order valence-electron chi connectivity index (χ4n) is 2.14. The van der Waals surface area contributed by atoms with Crippen LogP contribution in [0.5, 0.6) is 0 Å². The molecule has 2 aromatic rings. The Morgan fingerprint density at radius 2 is 2.25 bits per heavy atom. The van der Waals surface area contributed by atoms with Crippen LogP contribution in [-0.2, 0) is 4.74 Å². The first-order chi connectivity index (χ1) is 9.71. The van der Waals surface area contributed by atoms with Crippen molar-refractivity contribution in [3.8, 4) is 5.95 Å². The summed E-state index contributed by atoms with van der Waals surface area (Å²) in [5, 5.41) is 7.12. The van der Waals surface area contributed by atoms with Crippen LogP contribution in [0.1, 0.15) is 19.3 Å². The van der Waals surface area contributed by atoms with Gasteiger partial charge in [-0.05, 0) is 19.3 Å². The highest BCUT2D eigenvalue weighted by Crippen LogP contribution is 2.34. The number of rotatable bonds is 5. The number of methoxy groups -OCH3 is 1. The third kappa shape index (κ3) is 2.39. The molecule has 20 heavy (non-hydrogen) atoms. The molecule has 2 aromatic heterocycles. The summed E-state index contributed by atoms with van der Waals surface area (Å²) in [6, 6.07) is 0. The lowest BCUT2D eigenvalue weighted by molar-refractivity contribution is -0.0602. The minimum atomic E-state index is -0.116. The molecule has 0 spiro atoms. The van der Waals surface area contributed by atoms with Crippen molar-refractivity contribution in [2.24, 2.45) is 0 Å². The minimum Gasteiger partial charge on any atom is -0.376 e. The number of nitrogens with two attached hydrogens (primary N) is 1. The highest BCUT2D eigenvalue weighted by atomic mass is 16.5. The van der Waals surface area contributed by atoms with Gasteiger partial charge in [0.25, 0.3) is 5.95 Å². The van der Waals surface area contributed by atoms with Gasteiger partial charge in [-0.3, -0.25) is 0 Å². The van der Waals surface area contributed by atoms with Gasteiger partial charge in [-0.1, -0.05) is 0 Å². The average Bonchev–Trinajstić information content (AvgIpc) is 2.91. The number of nitrogens with one attached hydrogen (secondary N) is 1.